The van der Waals surface area contributed by atoms with Crippen molar-refractivity contribution in [1.82, 2.24) is 24.2 Å². The Balaban J connectivity index is 1.41. The maximum absolute atomic E-state index is 4.50. The number of nitrogens with zero attached hydrogens (tertiary/aromatic N) is 5. The second kappa shape index (κ2) is 5.82. The molecule has 0 unspecified atom stereocenters. The van der Waals surface area contributed by atoms with Crippen molar-refractivity contribution < 1.29 is 0 Å². The minimum Gasteiger partial charge on any atom is -0.349 e. The van der Waals surface area contributed by atoms with E-state index in [9.17, 15) is 0 Å². The third-order valence-corrected chi connectivity index (χ3v) is 5.03. The summed E-state index contributed by atoms with van der Waals surface area (Å²) in [6, 6.07) is 6.36. The number of rotatable bonds is 4. The first-order valence-corrected chi connectivity index (χ1v) is 8.58. The predicted octanol–water partition coefficient (Wildman–Crippen LogP) is 2.75. The quantitative estimate of drug-likeness (QED) is 0.800. The number of anilines is 2. The third-order valence-electron chi connectivity index (χ3n) is 4.14. The molecule has 0 spiro atoms. The summed E-state index contributed by atoms with van der Waals surface area (Å²) in [7, 11) is 1.94. The highest BCUT2D eigenvalue weighted by molar-refractivity contribution is 7.15. The maximum atomic E-state index is 4.50. The van der Waals surface area contributed by atoms with Gasteiger partial charge in [-0.2, -0.15) is 5.10 Å². The van der Waals surface area contributed by atoms with E-state index in [1.807, 2.05) is 30.9 Å². The Labute approximate surface area is 139 Å². The van der Waals surface area contributed by atoms with Crippen molar-refractivity contribution in [3.8, 4) is 0 Å². The zero-order chi connectivity index (χ0) is 15.8. The Morgan fingerprint density at radius 2 is 2.26 bits per heavy atom. The zero-order valence-electron chi connectivity index (χ0n) is 13.4. The SMILES string of the molecule is Cc1cc(Nc2ncc(CN3CCn4cccc4C3)s2)n(C)n1. The number of hydrogen-bond donors (Lipinski definition) is 1. The molecular weight excluding hydrogens is 308 g/mol. The zero-order valence-corrected chi connectivity index (χ0v) is 14.2. The number of thiazole rings is 1. The first-order valence-electron chi connectivity index (χ1n) is 7.76. The summed E-state index contributed by atoms with van der Waals surface area (Å²) in [6.45, 7) is 6.11. The fourth-order valence-corrected chi connectivity index (χ4v) is 3.86. The topological polar surface area (TPSA) is 50.9 Å². The van der Waals surface area contributed by atoms with Crippen LogP contribution in [0.5, 0.6) is 0 Å². The van der Waals surface area contributed by atoms with Crippen molar-refractivity contribution in [1.29, 1.82) is 0 Å². The first-order chi connectivity index (χ1) is 11.2. The fourth-order valence-electron chi connectivity index (χ4n) is 3.00. The Morgan fingerprint density at radius 3 is 3.09 bits per heavy atom. The van der Waals surface area contributed by atoms with Crippen LogP contribution in [-0.2, 0) is 26.7 Å². The molecule has 4 rings (SSSR count). The average molecular weight is 328 g/mol. The van der Waals surface area contributed by atoms with Crippen LogP contribution in [-0.4, -0.2) is 30.8 Å². The molecule has 3 aromatic heterocycles. The van der Waals surface area contributed by atoms with Gasteiger partial charge in [0.25, 0.3) is 0 Å². The molecule has 0 bridgehead atoms. The molecule has 1 aliphatic heterocycles. The molecule has 23 heavy (non-hydrogen) atoms. The van der Waals surface area contributed by atoms with E-state index < -0.39 is 0 Å². The van der Waals surface area contributed by atoms with Crippen LogP contribution in [0.1, 0.15) is 16.3 Å². The van der Waals surface area contributed by atoms with Gasteiger partial charge in [-0.15, -0.1) is 11.3 Å². The van der Waals surface area contributed by atoms with Crippen LogP contribution < -0.4 is 5.32 Å². The predicted molar refractivity (Wildman–Crippen MR) is 91.9 cm³/mol. The van der Waals surface area contributed by atoms with Gasteiger partial charge in [-0.1, -0.05) is 0 Å². The summed E-state index contributed by atoms with van der Waals surface area (Å²) in [5.41, 5.74) is 2.40. The molecule has 1 N–H and O–H groups in total. The van der Waals surface area contributed by atoms with Crippen LogP contribution in [0.4, 0.5) is 10.9 Å². The van der Waals surface area contributed by atoms with Gasteiger partial charge in [0.15, 0.2) is 5.13 Å². The fraction of sp³-hybridized carbons (Fsp3) is 0.375. The second-order valence-electron chi connectivity index (χ2n) is 5.95. The van der Waals surface area contributed by atoms with Crippen molar-refractivity contribution >= 4 is 22.3 Å². The smallest absolute Gasteiger partial charge is 0.188 e. The van der Waals surface area contributed by atoms with E-state index >= 15 is 0 Å². The molecule has 0 saturated heterocycles. The molecule has 0 aromatic carbocycles. The summed E-state index contributed by atoms with van der Waals surface area (Å²) in [5, 5.41) is 8.61. The highest BCUT2D eigenvalue weighted by Gasteiger charge is 2.16. The van der Waals surface area contributed by atoms with Gasteiger partial charge in [0.1, 0.15) is 5.82 Å². The highest BCUT2D eigenvalue weighted by Crippen LogP contribution is 2.25. The van der Waals surface area contributed by atoms with Crippen molar-refractivity contribution in [2.24, 2.45) is 7.05 Å². The van der Waals surface area contributed by atoms with E-state index in [-0.39, 0.29) is 0 Å². The molecular formula is C16H20N6S. The number of fused-ring (bicyclic) bond motifs is 1. The van der Waals surface area contributed by atoms with E-state index in [1.165, 1.54) is 10.6 Å². The van der Waals surface area contributed by atoms with Gasteiger partial charge in [-0.05, 0) is 19.1 Å². The van der Waals surface area contributed by atoms with Crippen LogP contribution in [0.2, 0.25) is 0 Å². The Morgan fingerprint density at radius 1 is 1.35 bits per heavy atom. The lowest BCUT2D eigenvalue weighted by atomic mass is 10.3. The van der Waals surface area contributed by atoms with Gasteiger partial charge in [-0.25, -0.2) is 4.98 Å². The summed E-state index contributed by atoms with van der Waals surface area (Å²) in [6.07, 6.45) is 4.14. The molecule has 4 heterocycles. The van der Waals surface area contributed by atoms with Crippen LogP contribution in [0, 0.1) is 6.92 Å². The molecule has 7 heteroatoms. The number of aromatic nitrogens is 4. The Hall–Kier alpha value is -2.12. The van der Waals surface area contributed by atoms with Gasteiger partial charge >= 0.3 is 0 Å². The van der Waals surface area contributed by atoms with Crippen LogP contribution in [0.25, 0.3) is 0 Å². The van der Waals surface area contributed by atoms with Crippen molar-refractivity contribution in [3.63, 3.8) is 0 Å². The number of hydrogen-bond acceptors (Lipinski definition) is 5. The molecule has 0 aliphatic carbocycles. The van der Waals surface area contributed by atoms with Gasteiger partial charge in [0.05, 0.1) is 5.69 Å². The molecule has 3 aromatic rings. The van der Waals surface area contributed by atoms with E-state index in [0.29, 0.717) is 0 Å². The lowest BCUT2D eigenvalue weighted by Crippen LogP contribution is -2.32. The summed E-state index contributed by atoms with van der Waals surface area (Å²) in [4.78, 5) is 8.25. The van der Waals surface area contributed by atoms with Gasteiger partial charge < -0.3 is 9.88 Å². The van der Waals surface area contributed by atoms with Crippen molar-refractivity contribution in [3.05, 3.63) is 46.9 Å². The van der Waals surface area contributed by atoms with Gasteiger partial charge in [0.2, 0.25) is 0 Å². The summed E-state index contributed by atoms with van der Waals surface area (Å²) >= 11 is 1.71. The normalized spacial score (nSPS) is 14.9. The Bertz CT molecular complexity index is 814. The van der Waals surface area contributed by atoms with Gasteiger partial charge in [-0.3, -0.25) is 9.58 Å². The highest BCUT2D eigenvalue weighted by atomic mass is 32.1. The lowest BCUT2D eigenvalue weighted by molar-refractivity contribution is 0.215. The maximum Gasteiger partial charge on any atom is 0.188 e. The summed E-state index contributed by atoms with van der Waals surface area (Å²) in [5.74, 6) is 0.971. The monoisotopic (exact) mass is 328 g/mol. The minimum atomic E-state index is 0.920. The van der Waals surface area contributed by atoms with E-state index in [0.717, 1.165) is 42.8 Å². The van der Waals surface area contributed by atoms with E-state index in [1.54, 1.807) is 11.3 Å². The molecule has 6 nitrogen and oxygen atoms in total. The van der Waals surface area contributed by atoms with Crippen LogP contribution in [0.3, 0.4) is 0 Å². The average Bonchev–Trinajstić information content (AvgIpc) is 3.21. The molecule has 120 valence electrons. The van der Waals surface area contributed by atoms with E-state index in [4.69, 9.17) is 0 Å². The number of aryl methyl sites for hydroxylation is 2. The molecule has 0 fully saturated rings. The largest absolute Gasteiger partial charge is 0.349 e. The molecule has 1 aliphatic rings. The second-order valence-corrected chi connectivity index (χ2v) is 7.07. The molecule has 0 atom stereocenters. The standard InChI is InChI=1S/C16H20N6S/c1-12-8-15(20(2)19-12)18-16-17-9-14(23-16)11-21-6-7-22-5-3-4-13(22)10-21/h3-5,8-9H,6-7,10-11H2,1-2H3,(H,17,18). The lowest BCUT2D eigenvalue weighted by Gasteiger charge is -2.27. The first kappa shape index (κ1) is 14.5. The third kappa shape index (κ3) is 3.02. The van der Waals surface area contributed by atoms with Crippen molar-refractivity contribution in [2.45, 2.75) is 26.6 Å². The van der Waals surface area contributed by atoms with E-state index in [2.05, 4.69) is 43.2 Å². The number of nitrogens with one attached hydrogen (secondary N) is 1. The molecule has 0 radical (unpaired) electrons. The minimum absolute atomic E-state index is 0.920. The molecule has 0 saturated carbocycles. The summed E-state index contributed by atoms with van der Waals surface area (Å²) < 4.78 is 4.18. The van der Waals surface area contributed by atoms with Gasteiger partial charge in [0, 0.05) is 62.3 Å². The van der Waals surface area contributed by atoms with Crippen molar-refractivity contribution in [2.75, 3.05) is 11.9 Å². The van der Waals surface area contributed by atoms with Crippen LogP contribution in [0.15, 0.2) is 30.6 Å². The molecule has 0 amide bonds. The van der Waals surface area contributed by atoms with Crippen LogP contribution >= 0.6 is 11.3 Å². The Kier molecular flexibility index (Phi) is 3.66.